The zero-order chi connectivity index (χ0) is 20.9. The van der Waals surface area contributed by atoms with Crippen molar-refractivity contribution in [1.82, 2.24) is 19.4 Å². The number of nitrogens with zero attached hydrogens (tertiary/aromatic N) is 4. The summed E-state index contributed by atoms with van der Waals surface area (Å²) in [4.78, 5) is 21.3. The van der Waals surface area contributed by atoms with Crippen molar-refractivity contribution in [1.29, 1.82) is 0 Å². The Morgan fingerprint density at radius 1 is 1.03 bits per heavy atom. The largest absolute Gasteiger partial charge is 0.497 e. The predicted molar refractivity (Wildman–Crippen MR) is 117 cm³/mol. The fourth-order valence-electron chi connectivity index (χ4n) is 3.70. The Hall–Kier alpha value is -2.83. The molecule has 4 rings (SSSR count). The van der Waals surface area contributed by atoms with E-state index < -0.39 is 0 Å². The molecule has 0 unspecified atom stereocenters. The van der Waals surface area contributed by atoms with Crippen LogP contribution in [-0.2, 0) is 17.9 Å². The lowest BCUT2D eigenvalue weighted by atomic mass is 10.2. The highest BCUT2D eigenvalue weighted by molar-refractivity contribution is 6.30. The first-order valence-electron chi connectivity index (χ1n) is 10.0. The topological polar surface area (TPSA) is 50.6 Å². The van der Waals surface area contributed by atoms with E-state index in [9.17, 15) is 4.79 Å². The molecule has 3 heterocycles. The molecule has 0 N–H and O–H groups in total. The second-order valence-corrected chi connectivity index (χ2v) is 7.83. The summed E-state index contributed by atoms with van der Waals surface area (Å²) in [6.07, 6.45) is 4.18. The van der Waals surface area contributed by atoms with Crippen LogP contribution in [0.2, 0.25) is 5.02 Å². The van der Waals surface area contributed by atoms with Crippen molar-refractivity contribution >= 4 is 17.5 Å². The minimum atomic E-state index is 0.197. The van der Waals surface area contributed by atoms with E-state index in [2.05, 4.69) is 20.5 Å². The van der Waals surface area contributed by atoms with Gasteiger partial charge in [-0.05, 0) is 42.0 Å². The van der Waals surface area contributed by atoms with Crippen LogP contribution in [-0.4, -0.2) is 52.0 Å². The van der Waals surface area contributed by atoms with Gasteiger partial charge >= 0.3 is 0 Å². The molecular weight excluding hydrogens is 400 g/mol. The SMILES string of the molecule is COc1ccc(CN2CCN(Cc3cccn3-c3ccc(Cl)cn3)CCC2=O)cc1. The van der Waals surface area contributed by atoms with E-state index in [4.69, 9.17) is 16.3 Å². The zero-order valence-electron chi connectivity index (χ0n) is 17.0. The van der Waals surface area contributed by atoms with Crippen molar-refractivity contribution in [2.24, 2.45) is 0 Å². The Labute approximate surface area is 181 Å². The standard InChI is InChI=1S/C23H25ClN4O2/c1-30-21-7-4-18(5-8-21)16-27-14-13-26(12-10-23(27)29)17-20-3-2-11-28(20)22-9-6-19(24)15-25-22/h2-9,11,15H,10,12-14,16-17H2,1H3. The number of hydrogen-bond acceptors (Lipinski definition) is 4. The van der Waals surface area contributed by atoms with Gasteiger partial charge in [0, 0.05) is 57.2 Å². The van der Waals surface area contributed by atoms with E-state index in [1.807, 2.05) is 53.6 Å². The Bertz CT molecular complexity index is 985. The minimum absolute atomic E-state index is 0.197. The van der Waals surface area contributed by atoms with E-state index in [-0.39, 0.29) is 5.91 Å². The number of halogens is 1. The number of rotatable bonds is 6. The average molecular weight is 425 g/mol. The lowest BCUT2D eigenvalue weighted by molar-refractivity contribution is -0.130. The summed E-state index contributed by atoms with van der Waals surface area (Å²) in [6.45, 7) is 3.69. The van der Waals surface area contributed by atoms with Crippen molar-refractivity contribution in [3.63, 3.8) is 0 Å². The van der Waals surface area contributed by atoms with Crippen molar-refractivity contribution in [3.05, 3.63) is 77.2 Å². The lowest BCUT2D eigenvalue weighted by Crippen LogP contribution is -2.32. The summed E-state index contributed by atoms with van der Waals surface area (Å²) in [6, 6.07) is 15.8. The fourth-order valence-corrected chi connectivity index (χ4v) is 3.81. The molecule has 0 aliphatic carbocycles. The molecular formula is C23H25ClN4O2. The van der Waals surface area contributed by atoms with Gasteiger partial charge in [-0.1, -0.05) is 23.7 Å². The second-order valence-electron chi connectivity index (χ2n) is 7.39. The van der Waals surface area contributed by atoms with Gasteiger partial charge in [-0.25, -0.2) is 4.98 Å². The molecule has 156 valence electrons. The summed E-state index contributed by atoms with van der Waals surface area (Å²) < 4.78 is 7.28. The number of hydrogen-bond donors (Lipinski definition) is 0. The van der Waals surface area contributed by atoms with Gasteiger partial charge in [0.1, 0.15) is 11.6 Å². The highest BCUT2D eigenvalue weighted by atomic mass is 35.5. The van der Waals surface area contributed by atoms with E-state index >= 15 is 0 Å². The molecule has 1 saturated heterocycles. The molecule has 6 nitrogen and oxygen atoms in total. The Morgan fingerprint density at radius 3 is 2.60 bits per heavy atom. The normalized spacial score (nSPS) is 15.3. The van der Waals surface area contributed by atoms with Crippen LogP contribution in [0.25, 0.3) is 5.82 Å². The van der Waals surface area contributed by atoms with Gasteiger partial charge in [0.15, 0.2) is 0 Å². The van der Waals surface area contributed by atoms with Gasteiger partial charge < -0.3 is 14.2 Å². The third-order valence-electron chi connectivity index (χ3n) is 5.39. The molecule has 0 spiro atoms. The van der Waals surface area contributed by atoms with Gasteiger partial charge in [0.25, 0.3) is 0 Å². The third kappa shape index (κ3) is 4.83. The molecule has 0 saturated carbocycles. The summed E-state index contributed by atoms with van der Waals surface area (Å²) in [5, 5.41) is 0.621. The highest BCUT2D eigenvalue weighted by Crippen LogP contribution is 2.18. The van der Waals surface area contributed by atoms with Crippen LogP contribution < -0.4 is 4.74 Å². The molecule has 0 bridgehead atoms. The summed E-state index contributed by atoms with van der Waals surface area (Å²) >= 11 is 5.96. The van der Waals surface area contributed by atoms with Crippen LogP contribution in [0.5, 0.6) is 5.75 Å². The number of carbonyl (C=O) groups excluding carboxylic acids is 1. The molecule has 7 heteroatoms. The first-order chi connectivity index (χ1) is 14.6. The van der Waals surface area contributed by atoms with Crippen LogP contribution in [0.4, 0.5) is 0 Å². The predicted octanol–water partition coefficient (Wildman–Crippen LogP) is 3.77. The lowest BCUT2D eigenvalue weighted by Gasteiger charge is -2.22. The van der Waals surface area contributed by atoms with Crippen LogP contribution in [0, 0.1) is 0 Å². The first kappa shape index (κ1) is 20.4. The van der Waals surface area contributed by atoms with Gasteiger partial charge in [-0.15, -0.1) is 0 Å². The molecule has 1 aliphatic heterocycles. The highest BCUT2D eigenvalue weighted by Gasteiger charge is 2.22. The van der Waals surface area contributed by atoms with Crippen LogP contribution in [0.15, 0.2) is 60.9 Å². The Balaban J connectivity index is 1.40. The number of aromatic nitrogens is 2. The van der Waals surface area contributed by atoms with Gasteiger partial charge in [-0.3, -0.25) is 9.69 Å². The maximum atomic E-state index is 12.7. The summed E-state index contributed by atoms with van der Waals surface area (Å²) in [7, 11) is 1.65. The van der Waals surface area contributed by atoms with Crippen molar-refractivity contribution in [2.45, 2.75) is 19.5 Å². The van der Waals surface area contributed by atoms with Crippen molar-refractivity contribution in [3.8, 4) is 11.6 Å². The fraction of sp³-hybridized carbons (Fsp3) is 0.304. The zero-order valence-corrected chi connectivity index (χ0v) is 17.8. The molecule has 2 aromatic heterocycles. The number of methoxy groups -OCH3 is 1. The molecule has 1 aromatic carbocycles. The molecule has 1 fully saturated rings. The number of benzene rings is 1. The van der Waals surface area contributed by atoms with E-state index in [1.54, 1.807) is 13.3 Å². The molecule has 1 aliphatic rings. The molecule has 0 radical (unpaired) electrons. The monoisotopic (exact) mass is 424 g/mol. The maximum Gasteiger partial charge on any atom is 0.224 e. The number of carbonyl (C=O) groups is 1. The van der Waals surface area contributed by atoms with Crippen LogP contribution in [0.1, 0.15) is 17.7 Å². The van der Waals surface area contributed by atoms with E-state index in [0.717, 1.165) is 42.5 Å². The molecule has 3 aromatic rings. The Kier molecular flexibility index (Phi) is 6.35. The Morgan fingerprint density at radius 2 is 1.87 bits per heavy atom. The number of pyridine rings is 1. The summed E-state index contributed by atoms with van der Waals surface area (Å²) in [5.74, 6) is 1.86. The van der Waals surface area contributed by atoms with Crippen LogP contribution in [0.3, 0.4) is 0 Å². The van der Waals surface area contributed by atoms with E-state index in [1.165, 1.54) is 0 Å². The maximum absolute atomic E-state index is 12.7. The molecule has 0 atom stereocenters. The molecule has 30 heavy (non-hydrogen) atoms. The smallest absolute Gasteiger partial charge is 0.224 e. The minimum Gasteiger partial charge on any atom is -0.497 e. The molecule has 1 amide bonds. The second kappa shape index (κ2) is 9.32. The first-order valence-corrected chi connectivity index (χ1v) is 10.4. The van der Waals surface area contributed by atoms with Crippen molar-refractivity contribution in [2.75, 3.05) is 26.7 Å². The van der Waals surface area contributed by atoms with Gasteiger partial charge in [0.2, 0.25) is 5.91 Å². The average Bonchev–Trinajstić information content (AvgIpc) is 3.16. The van der Waals surface area contributed by atoms with Crippen molar-refractivity contribution < 1.29 is 9.53 Å². The van der Waals surface area contributed by atoms with Gasteiger partial charge in [-0.2, -0.15) is 0 Å². The number of ether oxygens (including phenoxy) is 1. The van der Waals surface area contributed by atoms with Crippen LogP contribution >= 0.6 is 11.6 Å². The van der Waals surface area contributed by atoms with E-state index in [0.29, 0.717) is 24.5 Å². The third-order valence-corrected chi connectivity index (χ3v) is 5.61. The summed E-state index contributed by atoms with van der Waals surface area (Å²) in [5.41, 5.74) is 2.25. The quantitative estimate of drug-likeness (QED) is 0.604. The number of amides is 1. The van der Waals surface area contributed by atoms with Gasteiger partial charge in [0.05, 0.1) is 12.1 Å².